The number of rotatable bonds is 9. The number of fused-ring (bicyclic) bond motifs is 2. The first-order valence-corrected chi connectivity index (χ1v) is 10.3. The fourth-order valence-corrected chi connectivity index (χ4v) is 5.01. The van der Waals surface area contributed by atoms with E-state index in [2.05, 4.69) is 62.5 Å². The number of hydrogen-bond acceptors (Lipinski definition) is 2. The molecular weight excluding hydrogens is 334 g/mol. The van der Waals surface area contributed by atoms with Crippen LogP contribution in [0.15, 0.2) is 36.4 Å². The first kappa shape index (κ1) is 19.9. The van der Waals surface area contributed by atoms with E-state index in [1.165, 1.54) is 28.7 Å². The van der Waals surface area contributed by atoms with Gasteiger partial charge in [0.15, 0.2) is 0 Å². The van der Waals surface area contributed by atoms with Crippen LogP contribution in [-0.4, -0.2) is 17.6 Å². The largest absolute Gasteiger partial charge is 0.481 e. The molecule has 0 amide bonds. The molecule has 0 aliphatic heterocycles. The predicted molar refractivity (Wildman–Crippen MR) is 111 cm³/mol. The van der Waals surface area contributed by atoms with Crippen molar-refractivity contribution in [2.75, 3.05) is 6.54 Å². The third-order valence-electron chi connectivity index (χ3n) is 6.33. The van der Waals surface area contributed by atoms with Crippen LogP contribution in [0.1, 0.15) is 47.9 Å². The Morgan fingerprint density at radius 2 is 1.89 bits per heavy atom. The van der Waals surface area contributed by atoms with Gasteiger partial charge in [-0.2, -0.15) is 0 Å². The summed E-state index contributed by atoms with van der Waals surface area (Å²) in [5, 5.41) is 12.5. The number of carboxylic acid groups (broad SMARTS) is 1. The Balaban J connectivity index is 1.54. The molecule has 146 valence electrons. The molecule has 1 saturated carbocycles. The van der Waals surface area contributed by atoms with Crippen molar-refractivity contribution in [1.29, 1.82) is 0 Å². The topological polar surface area (TPSA) is 49.3 Å². The zero-order chi connectivity index (χ0) is 19.4. The molecule has 0 radical (unpaired) electrons. The summed E-state index contributed by atoms with van der Waals surface area (Å²) >= 11 is 0. The number of nitrogens with one attached hydrogen (secondary N) is 1. The average Bonchev–Trinajstić information content (AvgIpc) is 3.18. The highest BCUT2D eigenvalue weighted by Gasteiger charge is 2.42. The number of unbranched alkanes of at least 4 members (excludes halogenated alkanes) is 1. The summed E-state index contributed by atoms with van der Waals surface area (Å²) in [6, 6.07) is 4.54. The summed E-state index contributed by atoms with van der Waals surface area (Å²) in [6.07, 6.45) is 12.5. The minimum absolute atomic E-state index is 0.265. The van der Waals surface area contributed by atoms with Crippen LogP contribution in [0.5, 0.6) is 0 Å². The zero-order valence-corrected chi connectivity index (χ0v) is 16.9. The van der Waals surface area contributed by atoms with Crippen molar-refractivity contribution in [3.8, 4) is 0 Å². The third-order valence-corrected chi connectivity index (χ3v) is 6.33. The molecule has 1 aromatic rings. The van der Waals surface area contributed by atoms with Crippen molar-refractivity contribution >= 4 is 5.97 Å². The molecule has 2 aliphatic carbocycles. The van der Waals surface area contributed by atoms with Crippen molar-refractivity contribution in [2.45, 2.75) is 53.0 Å². The van der Waals surface area contributed by atoms with Crippen molar-refractivity contribution in [3.05, 3.63) is 58.7 Å². The van der Waals surface area contributed by atoms with Crippen LogP contribution in [-0.2, 0) is 11.3 Å². The van der Waals surface area contributed by atoms with Gasteiger partial charge in [-0.05, 0) is 86.9 Å². The monoisotopic (exact) mass is 367 g/mol. The number of benzene rings is 1. The Morgan fingerprint density at radius 3 is 2.59 bits per heavy atom. The molecule has 3 heteroatoms. The van der Waals surface area contributed by atoms with Crippen LogP contribution in [0.3, 0.4) is 0 Å². The molecule has 0 unspecified atom stereocenters. The van der Waals surface area contributed by atoms with Gasteiger partial charge in [0.2, 0.25) is 0 Å². The Morgan fingerprint density at radius 1 is 1.19 bits per heavy atom. The fourth-order valence-electron chi connectivity index (χ4n) is 5.01. The maximum Gasteiger partial charge on any atom is 0.303 e. The third kappa shape index (κ3) is 4.90. The van der Waals surface area contributed by atoms with Crippen molar-refractivity contribution in [2.24, 2.45) is 23.7 Å². The van der Waals surface area contributed by atoms with Gasteiger partial charge in [0.25, 0.3) is 0 Å². The van der Waals surface area contributed by atoms with Crippen molar-refractivity contribution in [3.63, 3.8) is 0 Å². The van der Waals surface area contributed by atoms with Crippen LogP contribution < -0.4 is 5.32 Å². The van der Waals surface area contributed by atoms with Gasteiger partial charge in [-0.1, -0.05) is 42.0 Å². The molecule has 3 rings (SSSR count). The van der Waals surface area contributed by atoms with Gasteiger partial charge in [-0.25, -0.2) is 0 Å². The molecule has 0 heterocycles. The lowest BCUT2D eigenvalue weighted by molar-refractivity contribution is -0.137. The summed E-state index contributed by atoms with van der Waals surface area (Å²) in [5.74, 6) is 1.91. The SMILES string of the molecule is Cc1cc(C)c(CNC[C@@H]2[C@@H](/C=C\CCCC(=O)O)[C@H]3C=C[C@@H]2C3)c(C)c1. The van der Waals surface area contributed by atoms with Crippen LogP contribution in [0.25, 0.3) is 0 Å². The standard InChI is InChI=1S/C24H33NO2/c1-16-11-17(2)22(18(3)12-16)14-25-15-23-20-10-9-19(13-20)21(23)7-5-4-6-8-24(26)27/h5,7,9-12,19-21,23,25H,4,6,8,13-15H2,1-3H3,(H,26,27)/b7-5-/t19-,20+,21-,23-/m0/s1. The summed E-state index contributed by atoms with van der Waals surface area (Å²) in [5.41, 5.74) is 5.52. The van der Waals surface area contributed by atoms with E-state index in [1.807, 2.05) is 0 Å². The molecule has 2 N–H and O–H groups in total. The minimum Gasteiger partial charge on any atom is -0.481 e. The number of carboxylic acids is 1. The quantitative estimate of drug-likeness (QED) is 0.479. The first-order chi connectivity index (χ1) is 13.0. The van der Waals surface area contributed by atoms with Gasteiger partial charge >= 0.3 is 5.97 Å². The number of aliphatic carboxylic acids is 1. The van der Waals surface area contributed by atoms with Crippen LogP contribution >= 0.6 is 0 Å². The number of carbonyl (C=O) groups is 1. The van der Waals surface area contributed by atoms with E-state index in [4.69, 9.17) is 5.11 Å². The van der Waals surface area contributed by atoms with Gasteiger partial charge in [0, 0.05) is 13.0 Å². The average molecular weight is 368 g/mol. The van der Waals surface area contributed by atoms with Gasteiger partial charge in [0.05, 0.1) is 0 Å². The highest BCUT2D eigenvalue weighted by molar-refractivity contribution is 5.66. The molecule has 1 fully saturated rings. The van der Waals surface area contributed by atoms with E-state index in [0.717, 1.165) is 25.9 Å². The maximum absolute atomic E-state index is 10.6. The van der Waals surface area contributed by atoms with E-state index in [0.29, 0.717) is 23.7 Å². The smallest absolute Gasteiger partial charge is 0.303 e. The van der Waals surface area contributed by atoms with E-state index in [1.54, 1.807) is 0 Å². The summed E-state index contributed by atoms with van der Waals surface area (Å²) < 4.78 is 0. The van der Waals surface area contributed by atoms with Crippen LogP contribution in [0, 0.1) is 44.4 Å². The van der Waals surface area contributed by atoms with Crippen molar-refractivity contribution < 1.29 is 9.90 Å². The van der Waals surface area contributed by atoms with Gasteiger partial charge in [-0.3, -0.25) is 4.79 Å². The molecule has 4 atom stereocenters. The molecule has 0 spiro atoms. The predicted octanol–water partition coefficient (Wildman–Crippen LogP) is 4.95. The lowest BCUT2D eigenvalue weighted by atomic mass is 9.82. The minimum atomic E-state index is -0.699. The van der Waals surface area contributed by atoms with E-state index in [9.17, 15) is 4.79 Å². The molecule has 2 bridgehead atoms. The molecular formula is C24H33NO2. The number of allylic oxidation sites excluding steroid dienone is 4. The molecule has 1 aromatic carbocycles. The van der Waals surface area contributed by atoms with E-state index in [-0.39, 0.29) is 6.42 Å². The van der Waals surface area contributed by atoms with Crippen molar-refractivity contribution in [1.82, 2.24) is 5.32 Å². The second-order valence-corrected chi connectivity index (χ2v) is 8.41. The van der Waals surface area contributed by atoms with Gasteiger partial charge in [-0.15, -0.1) is 0 Å². The van der Waals surface area contributed by atoms with Gasteiger partial charge < -0.3 is 10.4 Å². The molecule has 3 nitrogen and oxygen atoms in total. The summed E-state index contributed by atoms with van der Waals surface area (Å²) in [6.45, 7) is 8.55. The van der Waals surface area contributed by atoms with Gasteiger partial charge in [0.1, 0.15) is 0 Å². The van der Waals surface area contributed by atoms with Crippen LogP contribution in [0.4, 0.5) is 0 Å². The summed E-state index contributed by atoms with van der Waals surface area (Å²) in [7, 11) is 0. The molecule has 2 aliphatic rings. The lowest BCUT2D eigenvalue weighted by Crippen LogP contribution is -2.30. The van der Waals surface area contributed by atoms with Crippen LogP contribution in [0.2, 0.25) is 0 Å². The highest BCUT2D eigenvalue weighted by Crippen LogP contribution is 2.48. The Hall–Kier alpha value is -1.87. The summed E-state index contributed by atoms with van der Waals surface area (Å²) in [4.78, 5) is 10.6. The fraction of sp³-hybridized carbons (Fsp3) is 0.542. The molecule has 0 saturated heterocycles. The second kappa shape index (κ2) is 8.88. The number of aryl methyl sites for hydroxylation is 3. The number of hydrogen-bond donors (Lipinski definition) is 2. The Kier molecular flexibility index (Phi) is 6.54. The second-order valence-electron chi connectivity index (χ2n) is 8.41. The normalized spacial score (nSPS) is 26.3. The maximum atomic E-state index is 10.6. The first-order valence-electron chi connectivity index (χ1n) is 10.3. The highest BCUT2D eigenvalue weighted by atomic mass is 16.4. The van der Waals surface area contributed by atoms with E-state index >= 15 is 0 Å². The molecule has 0 aromatic heterocycles. The Bertz CT molecular complexity index is 711. The lowest BCUT2D eigenvalue weighted by Gasteiger charge is -2.26. The zero-order valence-electron chi connectivity index (χ0n) is 16.9. The molecule has 27 heavy (non-hydrogen) atoms. The Labute approximate surface area is 163 Å². The van der Waals surface area contributed by atoms with E-state index < -0.39 is 5.97 Å².